The van der Waals surface area contributed by atoms with E-state index < -0.39 is 24.4 Å². The Balaban J connectivity index is 1.56. The third-order valence-corrected chi connectivity index (χ3v) is 4.84. The maximum absolute atomic E-state index is 12.0. The summed E-state index contributed by atoms with van der Waals surface area (Å²) in [6, 6.07) is 7.35. The fourth-order valence-electron chi connectivity index (χ4n) is 2.60. The molecule has 3 aromatic rings. The maximum Gasteiger partial charge on any atom is 0.310 e. The topological polar surface area (TPSA) is 112 Å². The van der Waals surface area contributed by atoms with E-state index in [0.29, 0.717) is 16.1 Å². The summed E-state index contributed by atoms with van der Waals surface area (Å²) in [5.74, 6) is -1.73. The van der Waals surface area contributed by atoms with Gasteiger partial charge in [-0.3, -0.25) is 14.4 Å². The van der Waals surface area contributed by atoms with Gasteiger partial charge >= 0.3 is 5.97 Å². The summed E-state index contributed by atoms with van der Waals surface area (Å²) in [5, 5.41) is 5.32. The molecule has 3 N–H and O–H groups in total. The first kappa shape index (κ1) is 18.7. The zero-order valence-corrected chi connectivity index (χ0v) is 15.4. The first-order chi connectivity index (χ1) is 13.0. The highest BCUT2D eigenvalue weighted by Gasteiger charge is 2.16. The molecular weight excluding hydrogens is 368 g/mol. The lowest BCUT2D eigenvalue weighted by atomic mass is 10.1. The van der Waals surface area contributed by atoms with Gasteiger partial charge in [0, 0.05) is 10.9 Å². The summed E-state index contributed by atoms with van der Waals surface area (Å²) in [6.45, 7) is 1.60. The number of amides is 2. The number of thiophene rings is 1. The molecule has 3 rings (SSSR count). The number of anilines is 1. The molecule has 0 saturated heterocycles. The second-order valence-corrected chi connectivity index (χ2v) is 6.77. The number of hydrogen-bond acceptors (Lipinski definition) is 6. The van der Waals surface area contributed by atoms with E-state index in [4.69, 9.17) is 14.9 Å². The highest BCUT2D eigenvalue weighted by atomic mass is 32.1. The summed E-state index contributed by atoms with van der Waals surface area (Å²) in [6.07, 6.45) is 2.42. The minimum atomic E-state index is -0.637. The standard InChI is InChI=1S/C19H18N2O5S/c1-2-11-3-4-13-12(9-25-15(13)7-11)8-17(23)26-10-16(22)21-19-14(18(20)24)5-6-27-19/h3-7,9H,2,8,10H2,1H3,(H2,20,24)(H,21,22). The van der Waals surface area contributed by atoms with E-state index in [9.17, 15) is 14.4 Å². The first-order valence-electron chi connectivity index (χ1n) is 8.29. The molecule has 0 fully saturated rings. The highest BCUT2D eigenvalue weighted by molar-refractivity contribution is 7.14. The molecule has 0 unspecified atom stereocenters. The van der Waals surface area contributed by atoms with Crippen LogP contribution in [0.25, 0.3) is 11.0 Å². The Morgan fingerprint density at radius 1 is 1.26 bits per heavy atom. The maximum atomic E-state index is 12.0. The second kappa shape index (κ2) is 8.05. The van der Waals surface area contributed by atoms with Crippen LogP contribution in [0.15, 0.2) is 40.3 Å². The number of rotatable bonds is 7. The lowest BCUT2D eigenvalue weighted by Gasteiger charge is -2.06. The monoisotopic (exact) mass is 386 g/mol. The van der Waals surface area contributed by atoms with Crippen molar-refractivity contribution in [3.05, 3.63) is 52.6 Å². The predicted octanol–water partition coefficient (Wildman–Crippen LogP) is 2.88. The van der Waals surface area contributed by atoms with Crippen molar-refractivity contribution in [1.29, 1.82) is 0 Å². The van der Waals surface area contributed by atoms with Crippen molar-refractivity contribution in [1.82, 2.24) is 0 Å². The van der Waals surface area contributed by atoms with E-state index >= 15 is 0 Å². The van der Waals surface area contributed by atoms with Crippen molar-refractivity contribution in [2.75, 3.05) is 11.9 Å². The molecule has 0 atom stereocenters. The fraction of sp³-hybridized carbons (Fsp3) is 0.211. The lowest BCUT2D eigenvalue weighted by Crippen LogP contribution is -2.22. The number of furan rings is 1. The van der Waals surface area contributed by atoms with Crippen LogP contribution in [-0.2, 0) is 27.2 Å². The van der Waals surface area contributed by atoms with Gasteiger partial charge in [0.1, 0.15) is 10.6 Å². The van der Waals surface area contributed by atoms with Gasteiger partial charge in [-0.25, -0.2) is 0 Å². The summed E-state index contributed by atoms with van der Waals surface area (Å²) in [5.41, 5.74) is 8.00. The molecule has 2 heterocycles. The molecule has 7 nitrogen and oxygen atoms in total. The van der Waals surface area contributed by atoms with Gasteiger partial charge in [-0.05, 0) is 29.5 Å². The molecule has 0 aliphatic heterocycles. The third kappa shape index (κ3) is 4.35. The molecule has 2 aromatic heterocycles. The SMILES string of the molecule is CCc1ccc2c(CC(=O)OCC(=O)Nc3sccc3C(N)=O)coc2c1. The zero-order valence-electron chi connectivity index (χ0n) is 14.6. The van der Waals surface area contributed by atoms with E-state index in [1.807, 2.05) is 18.2 Å². The van der Waals surface area contributed by atoms with Crippen LogP contribution in [0.4, 0.5) is 5.00 Å². The van der Waals surface area contributed by atoms with Gasteiger partial charge in [-0.1, -0.05) is 19.1 Å². The Bertz CT molecular complexity index is 1000. The Kier molecular flexibility index (Phi) is 5.56. The van der Waals surface area contributed by atoms with Crippen LogP contribution in [0.1, 0.15) is 28.4 Å². The molecule has 0 aliphatic carbocycles. The third-order valence-electron chi connectivity index (χ3n) is 4.01. The Morgan fingerprint density at radius 2 is 2.07 bits per heavy atom. The molecule has 0 aliphatic rings. The minimum Gasteiger partial charge on any atom is -0.464 e. The van der Waals surface area contributed by atoms with Crippen LogP contribution in [0.5, 0.6) is 0 Å². The van der Waals surface area contributed by atoms with E-state index in [2.05, 4.69) is 12.2 Å². The highest BCUT2D eigenvalue weighted by Crippen LogP contribution is 2.24. The van der Waals surface area contributed by atoms with Crippen molar-refractivity contribution in [3.8, 4) is 0 Å². The van der Waals surface area contributed by atoms with Crippen LogP contribution < -0.4 is 11.1 Å². The molecular formula is C19H18N2O5S. The van der Waals surface area contributed by atoms with Crippen molar-refractivity contribution in [2.45, 2.75) is 19.8 Å². The molecule has 2 amide bonds. The number of hydrogen-bond donors (Lipinski definition) is 2. The number of primary amides is 1. The fourth-order valence-corrected chi connectivity index (χ4v) is 3.41. The number of aryl methyl sites for hydroxylation is 1. The zero-order chi connectivity index (χ0) is 19.4. The minimum absolute atomic E-state index is 0.00269. The summed E-state index contributed by atoms with van der Waals surface area (Å²) in [4.78, 5) is 35.2. The van der Waals surface area contributed by atoms with Gasteiger partial charge in [0.15, 0.2) is 6.61 Å². The van der Waals surface area contributed by atoms with Crippen LogP contribution >= 0.6 is 11.3 Å². The van der Waals surface area contributed by atoms with Crippen molar-refractivity contribution in [3.63, 3.8) is 0 Å². The molecule has 0 saturated carbocycles. The average molecular weight is 386 g/mol. The number of fused-ring (bicyclic) bond motifs is 1. The van der Waals surface area contributed by atoms with Gasteiger partial charge in [-0.2, -0.15) is 0 Å². The van der Waals surface area contributed by atoms with Crippen LogP contribution in [-0.4, -0.2) is 24.4 Å². The van der Waals surface area contributed by atoms with Crippen LogP contribution in [0.3, 0.4) is 0 Å². The molecule has 0 bridgehead atoms. The number of esters is 1. The molecule has 0 radical (unpaired) electrons. The predicted molar refractivity (Wildman–Crippen MR) is 102 cm³/mol. The van der Waals surface area contributed by atoms with Gasteiger partial charge in [0.05, 0.1) is 18.2 Å². The number of benzene rings is 1. The van der Waals surface area contributed by atoms with E-state index in [1.54, 1.807) is 5.38 Å². The summed E-state index contributed by atoms with van der Waals surface area (Å²) in [7, 11) is 0. The van der Waals surface area contributed by atoms with Crippen molar-refractivity contribution in [2.24, 2.45) is 5.73 Å². The largest absolute Gasteiger partial charge is 0.464 e. The van der Waals surface area contributed by atoms with Crippen molar-refractivity contribution < 1.29 is 23.5 Å². The Hall–Kier alpha value is -3.13. The van der Waals surface area contributed by atoms with Gasteiger partial charge in [0.2, 0.25) is 0 Å². The Morgan fingerprint density at radius 3 is 2.81 bits per heavy atom. The Labute approximate surface area is 159 Å². The van der Waals surface area contributed by atoms with Crippen LogP contribution in [0.2, 0.25) is 0 Å². The number of carbonyl (C=O) groups excluding carboxylic acids is 3. The van der Waals surface area contributed by atoms with E-state index in [1.165, 1.54) is 12.3 Å². The average Bonchev–Trinajstić information content (AvgIpc) is 3.26. The second-order valence-electron chi connectivity index (χ2n) is 5.86. The summed E-state index contributed by atoms with van der Waals surface area (Å²) >= 11 is 1.16. The van der Waals surface area contributed by atoms with Gasteiger partial charge < -0.3 is 20.2 Å². The molecule has 0 spiro atoms. The summed E-state index contributed by atoms with van der Waals surface area (Å²) < 4.78 is 10.5. The lowest BCUT2D eigenvalue weighted by molar-refractivity contribution is -0.146. The number of ether oxygens (including phenoxy) is 1. The molecule has 27 heavy (non-hydrogen) atoms. The van der Waals surface area contributed by atoms with E-state index in [-0.39, 0.29) is 12.0 Å². The normalized spacial score (nSPS) is 10.7. The first-order valence-corrected chi connectivity index (χ1v) is 9.17. The van der Waals surface area contributed by atoms with E-state index in [0.717, 1.165) is 28.7 Å². The van der Waals surface area contributed by atoms with Crippen molar-refractivity contribution >= 4 is 45.1 Å². The molecule has 1 aromatic carbocycles. The smallest absolute Gasteiger partial charge is 0.310 e. The molecule has 140 valence electrons. The van der Waals surface area contributed by atoms with Gasteiger partial charge in [0.25, 0.3) is 11.8 Å². The quantitative estimate of drug-likeness (QED) is 0.607. The number of nitrogens with one attached hydrogen (secondary N) is 1. The van der Waals surface area contributed by atoms with Gasteiger partial charge in [-0.15, -0.1) is 11.3 Å². The molecule has 8 heteroatoms. The number of nitrogens with two attached hydrogens (primary N) is 1. The van der Waals surface area contributed by atoms with Crippen LogP contribution in [0, 0.1) is 0 Å². The number of carbonyl (C=O) groups is 3.